The molecular weight excluding hydrogens is 226 g/mol. The van der Waals surface area contributed by atoms with Crippen molar-refractivity contribution in [2.45, 2.75) is 45.1 Å². The van der Waals surface area contributed by atoms with Gasteiger partial charge in [0.15, 0.2) is 0 Å². The Hall–Kier alpha value is -0.170. The van der Waals surface area contributed by atoms with Crippen LogP contribution in [0.4, 0.5) is 0 Å². The lowest BCUT2D eigenvalue weighted by Gasteiger charge is -2.45. The molecule has 16 heavy (non-hydrogen) atoms. The molecule has 96 valence electrons. The van der Waals surface area contributed by atoms with E-state index in [0.29, 0.717) is 19.0 Å². The zero-order valence-corrected chi connectivity index (χ0v) is 11.0. The predicted molar refractivity (Wildman–Crippen MR) is 64.9 cm³/mol. The second-order valence-electron chi connectivity index (χ2n) is 4.82. The average molecular weight is 249 g/mol. The number of hydrogen-bond donors (Lipinski definition) is 2. The van der Waals surface area contributed by atoms with Gasteiger partial charge in [-0.25, -0.2) is 5.14 Å². The SMILES string of the molecule is CCN(C1(CN)CCC(C)CC1)S(N)(=O)=O. The lowest BCUT2D eigenvalue weighted by Crippen LogP contribution is -2.59. The smallest absolute Gasteiger partial charge is 0.277 e. The number of nitrogens with zero attached hydrogens (tertiary/aromatic N) is 1. The van der Waals surface area contributed by atoms with Crippen molar-refractivity contribution >= 4 is 10.2 Å². The van der Waals surface area contributed by atoms with Crippen LogP contribution in [0.1, 0.15) is 39.5 Å². The van der Waals surface area contributed by atoms with Gasteiger partial charge in [0.05, 0.1) is 0 Å². The van der Waals surface area contributed by atoms with Gasteiger partial charge >= 0.3 is 0 Å². The molecule has 0 atom stereocenters. The minimum absolute atomic E-state index is 0.351. The molecule has 6 heteroatoms. The first-order chi connectivity index (χ1) is 7.35. The third-order valence-electron chi connectivity index (χ3n) is 3.71. The first kappa shape index (κ1) is 13.9. The summed E-state index contributed by atoms with van der Waals surface area (Å²) in [4.78, 5) is 0. The third kappa shape index (κ3) is 2.74. The van der Waals surface area contributed by atoms with E-state index in [0.717, 1.165) is 25.7 Å². The highest BCUT2D eigenvalue weighted by atomic mass is 32.2. The lowest BCUT2D eigenvalue weighted by molar-refractivity contribution is 0.120. The summed E-state index contributed by atoms with van der Waals surface area (Å²) in [6.07, 6.45) is 3.66. The van der Waals surface area contributed by atoms with Crippen LogP contribution >= 0.6 is 0 Å². The van der Waals surface area contributed by atoms with E-state index in [2.05, 4.69) is 6.92 Å². The average Bonchev–Trinajstić information content (AvgIpc) is 2.20. The van der Waals surface area contributed by atoms with Crippen molar-refractivity contribution in [2.24, 2.45) is 16.8 Å². The molecule has 0 aliphatic heterocycles. The van der Waals surface area contributed by atoms with E-state index in [1.807, 2.05) is 0 Å². The summed E-state index contributed by atoms with van der Waals surface area (Å²) >= 11 is 0. The van der Waals surface area contributed by atoms with Crippen LogP contribution in [0.15, 0.2) is 0 Å². The monoisotopic (exact) mass is 249 g/mol. The summed E-state index contributed by atoms with van der Waals surface area (Å²) in [6.45, 7) is 4.74. The molecule has 4 N–H and O–H groups in total. The van der Waals surface area contributed by atoms with Gasteiger partial charge in [0.2, 0.25) is 0 Å². The first-order valence-electron chi connectivity index (χ1n) is 5.86. The van der Waals surface area contributed by atoms with Crippen LogP contribution in [-0.2, 0) is 10.2 Å². The van der Waals surface area contributed by atoms with Crippen molar-refractivity contribution in [3.05, 3.63) is 0 Å². The molecule has 0 aromatic carbocycles. The third-order valence-corrected chi connectivity index (χ3v) is 4.97. The van der Waals surface area contributed by atoms with Crippen molar-refractivity contribution < 1.29 is 8.42 Å². The Bertz CT molecular complexity index is 321. The quantitative estimate of drug-likeness (QED) is 0.756. The van der Waals surface area contributed by atoms with Gasteiger partial charge in [0.1, 0.15) is 0 Å². The Kier molecular flexibility index (Phi) is 4.34. The number of rotatable bonds is 4. The lowest BCUT2D eigenvalue weighted by atomic mass is 9.77. The number of likely N-dealkylation sites (N-methyl/N-ethyl adjacent to an activating group) is 1. The highest BCUT2D eigenvalue weighted by Gasteiger charge is 2.42. The van der Waals surface area contributed by atoms with E-state index in [9.17, 15) is 8.42 Å². The number of hydrogen-bond acceptors (Lipinski definition) is 3. The maximum Gasteiger partial charge on any atom is 0.277 e. The van der Waals surface area contributed by atoms with Gasteiger partial charge in [0, 0.05) is 18.6 Å². The molecule has 0 spiro atoms. The Morgan fingerprint density at radius 3 is 2.19 bits per heavy atom. The Balaban J connectivity index is 2.95. The molecular formula is C10H23N3O2S. The van der Waals surface area contributed by atoms with Crippen molar-refractivity contribution in [1.82, 2.24) is 4.31 Å². The van der Waals surface area contributed by atoms with E-state index in [4.69, 9.17) is 10.9 Å². The second kappa shape index (κ2) is 5.00. The summed E-state index contributed by atoms with van der Waals surface area (Å²) in [6, 6.07) is 0. The minimum atomic E-state index is -3.65. The molecule has 1 aliphatic rings. The van der Waals surface area contributed by atoms with E-state index in [-0.39, 0.29) is 0 Å². The van der Waals surface area contributed by atoms with Crippen molar-refractivity contribution in [3.8, 4) is 0 Å². The fourth-order valence-corrected chi connectivity index (χ4v) is 3.80. The van der Waals surface area contributed by atoms with Gasteiger partial charge in [-0.3, -0.25) is 0 Å². The van der Waals surface area contributed by atoms with Crippen LogP contribution in [0.3, 0.4) is 0 Å². The van der Waals surface area contributed by atoms with Crippen LogP contribution in [0.25, 0.3) is 0 Å². The predicted octanol–water partition coefficient (Wildman–Crippen LogP) is 0.419. The highest BCUT2D eigenvalue weighted by Crippen LogP contribution is 2.36. The Labute approximate surface area is 98.4 Å². The zero-order valence-electron chi connectivity index (χ0n) is 10.1. The molecule has 1 saturated carbocycles. The molecule has 5 nitrogen and oxygen atoms in total. The molecule has 0 radical (unpaired) electrons. The van der Waals surface area contributed by atoms with E-state index < -0.39 is 15.7 Å². The van der Waals surface area contributed by atoms with E-state index in [1.165, 1.54) is 4.31 Å². The Morgan fingerprint density at radius 2 is 1.88 bits per heavy atom. The molecule has 0 heterocycles. The summed E-state index contributed by atoms with van der Waals surface area (Å²) in [5, 5.41) is 5.26. The molecule has 0 saturated heterocycles. The number of nitrogens with two attached hydrogens (primary N) is 2. The molecule has 0 bridgehead atoms. The maximum atomic E-state index is 11.6. The fraction of sp³-hybridized carbons (Fsp3) is 1.00. The second-order valence-corrected chi connectivity index (χ2v) is 6.29. The van der Waals surface area contributed by atoms with Crippen molar-refractivity contribution in [1.29, 1.82) is 0 Å². The molecule has 1 rings (SSSR count). The van der Waals surface area contributed by atoms with Crippen molar-refractivity contribution in [2.75, 3.05) is 13.1 Å². The first-order valence-corrected chi connectivity index (χ1v) is 7.36. The molecule has 0 aromatic rings. The van der Waals surface area contributed by atoms with Crippen LogP contribution in [-0.4, -0.2) is 31.4 Å². The summed E-state index contributed by atoms with van der Waals surface area (Å²) in [7, 11) is -3.65. The molecule has 0 unspecified atom stereocenters. The van der Waals surface area contributed by atoms with E-state index >= 15 is 0 Å². The maximum absolute atomic E-state index is 11.6. The fourth-order valence-electron chi connectivity index (χ4n) is 2.64. The topological polar surface area (TPSA) is 89.4 Å². The van der Waals surface area contributed by atoms with Gasteiger partial charge in [-0.2, -0.15) is 12.7 Å². The minimum Gasteiger partial charge on any atom is -0.329 e. The van der Waals surface area contributed by atoms with Gasteiger partial charge in [-0.05, 0) is 31.6 Å². The summed E-state index contributed by atoms with van der Waals surface area (Å²) in [5.41, 5.74) is 5.35. The van der Waals surface area contributed by atoms with Gasteiger partial charge in [-0.1, -0.05) is 13.8 Å². The standard InChI is InChI=1S/C10H23N3O2S/c1-3-13(16(12,14)15)10(8-11)6-4-9(2)5-7-10/h9H,3-8,11H2,1-2H3,(H2,12,14,15). The van der Waals surface area contributed by atoms with Crippen LogP contribution in [0, 0.1) is 5.92 Å². The van der Waals surface area contributed by atoms with Gasteiger partial charge in [-0.15, -0.1) is 0 Å². The molecule has 0 aromatic heterocycles. The van der Waals surface area contributed by atoms with Crippen LogP contribution < -0.4 is 10.9 Å². The van der Waals surface area contributed by atoms with Crippen LogP contribution in [0.5, 0.6) is 0 Å². The zero-order chi connectivity index (χ0) is 12.4. The highest BCUT2D eigenvalue weighted by molar-refractivity contribution is 7.86. The molecule has 0 amide bonds. The Morgan fingerprint density at radius 1 is 1.38 bits per heavy atom. The van der Waals surface area contributed by atoms with Crippen molar-refractivity contribution in [3.63, 3.8) is 0 Å². The van der Waals surface area contributed by atoms with Crippen LogP contribution in [0.2, 0.25) is 0 Å². The van der Waals surface area contributed by atoms with Gasteiger partial charge < -0.3 is 5.73 Å². The summed E-state index contributed by atoms with van der Waals surface area (Å²) in [5.74, 6) is 0.652. The summed E-state index contributed by atoms with van der Waals surface area (Å²) < 4.78 is 24.5. The largest absolute Gasteiger partial charge is 0.329 e. The normalized spacial score (nSPS) is 31.9. The molecule has 1 fully saturated rings. The van der Waals surface area contributed by atoms with Gasteiger partial charge in [0.25, 0.3) is 10.2 Å². The van der Waals surface area contributed by atoms with E-state index in [1.54, 1.807) is 6.92 Å². The molecule has 1 aliphatic carbocycles.